The summed E-state index contributed by atoms with van der Waals surface area (Å²) in [6, 6.07) is 8.21. The molecular formula is C14H11N5O3. The highest BCUT2D eigenvalue weighted by atomic mass is 16.6. The highest BCUT2D eigenvalue weighted by Gasteiger charge is 2.17. The number of H-pyrrole nitrogens is 1. The summed E-state index contributed by atoms with van der Waals surface area (Å²) >= 11 is 0. The Bertz CT molecular complexity index is 816. The molecule has 0 aliphatic carbocycles. The van der Waals surface area contributed by atoms with Crippen LogP contribution in [0, 0.1) is 10.1 Å². The molecule has 1 aromatic carbocycles. The van der Waals surface area contributed by atoms with Crippen molar-refractivity contribution >= 4 is 5.69 Å². The van der Waals surface area contributed by atoms with Crippen LogP contribution in [0.4, 0.5) is 5.69 Å². The third kappa shape index (κ3) is 2.49. The summed E-state index contributed by atoms with van der Waals surface area (Å²) in [7, 11) is 1.39. The molecule has 0 bridgehead atoms. The first-order chi connectivity index (χ1) is 10.7. The number of hydrogen-bond acceptors (Lipinski definition) is 6. The molecule has 0 saturated heterocycles. The second-order valence-electron chi connectivity index (χ2n) is 4.39. The smallest absolute Gasteiger partial charge is 0.311 e. The van der Waals surface area contributed by atoms with Crippen molar-refractivity contribution in [2.24, 2.45) is 0 Å². The van der Waals surface area contributed by atoms with Gasteiger partial charge in [0.25, 0.3) is 0 Å². The normalized spacial score (nSPS) is 10.4. The summed E-state index contributed by atoms with van der Waals surface area (Å²) in [5, 5.41) is 17.9. The maximum absolute atomic E-state index is 11.1. The lowest BCUT2D eigenvalue weighted by molar-refractivity contribution is -0.385. The van der Waals surface area contributed by atoms with Crippen molar-refractivity contribution in [1.82, 2.24) is 20.2 Å². The summed E-state index contributed by atoms with van der Waals surface area (Å²) in [6.45, 7) is 0. The average molecular weight is 297 g/mol. The van der Waals surface area contributed by atoms with E-state index in [9.17, 15) is 10.1 Å². The molecule has 2 heterocycles. The number of rotatable bonds is 4. The van der Waals surface area contributed by atoms with Gasteiger partial charge in [0, 0.05) is 29.6 Å². The zero-order valence-electron chi connectivity index (χ0n) is 11.6. The van der Waals surface area contributed by atoms with Gasteiger partial charge in [0.2, 0.25) is 0 Å². The maximum atomic E-state index is 11.1. The van der Waals surface area contributed by atoms with Crippen LogP contribution < -0.4 is 4.74 Å². The molecule has 0 aliphatic heterocycles. The first-order valence-electron chi connectivity index (χ1n) is 6.34. The van der Waals surface area contributed by atoms with Gasteiger partial charge in [-0.25, -0.2) is 4.98 Å². The lowest BCUT2D eigenvalue weighted by atomic mass is 10.2. The van der Waals surface area contributed by atoms with Crippen LogP contribution in [-0.4, -0.2) is 32.2 Å². The predicted molar refractivity (Wildman–Crippen MR) is 78.3 cm³/mol. The number of nitrogens with zero attached hydrogens (tertiary/aromatic N) is 4. The summed E-state index contributed by atoms with van der Waals surface area (Å²) in [6.07, 6.45) is 3.30. The van der Waals surface area contributed by atoms with Crippen LogP contribution in [-0.2, 0) is 0 Å². The molecule has 2 aromatic heterocycles. The number of aromatic amines is 1. The summed E-state index contributed by atoms with van der Waals surface area (Å²) in [4.78, 5) is 18.9. The molecule has 8 nitrogen and oxygen atoms in total. The van der Waals surface area contributed by atoms with Crippen LogP contribution in [0.3, 0.4) is 0 Å². The molecule has 0 aliphatic rings. The van der Waals surface area contributed by atoms with Gasteiger partial charge in [0.05, 0.1) is 12.0 Å². The Morgan fingerprint density at radius 3 is 2.82 bits per heavy atom. The monoisotopic (exact) mass is 297 g/mol. The molecule has 0 radical (unpaired) electrons. The van der Waals surface area contributed by atoms with Gasteiger partial charge in [-0.15, -0.1) is 0 Å². The first-order valence-corrected chi connectivity index (χ1v) is 6.34. The Morgan fingerprint density at radius 1 is 1.27 bits per heavy atom. The van der Waals surface area contributed by atoms with E-state index in [1.54, 1.807) is 24.5 Å². The van der Waals surface area contributed by atoms with Crippen molar-refractivity contribution in [2.75, 3.05) is 7.11 Å². The molecule has 0 unspecified atom stereocenters. The van der Waals surface area contributed by atoms with E-state index in [2.05, 4.69) is 20.2 Å². The van der Waals surface area contributed by atoms with Crippen molar-refractivity contribution in [3.8, 4) is 28.5 Å². The largest absolute Gasteiger partial charge is 0.490 e. The van der Waals surface area contributed by atoms with E-state index in [-0.39, 0.29) is 11.4 Å². The van der Waals surface area contributed by atoms with E-state index in [1.165, 1.54) is 19.2 Å². The number of hydrogen-bond donors (Lipinski definition) is 1. The van der Waals surface area contributed by atoms with E-state index < -0.39 is 4.92 Å². The first kappa shape index (κ1) is 13.7. The van der Waals surface area contributed by atoms with E-state index in [1.807, 2.05) is 6.07 Å². The molecule has 0 atom stereocenters. The Labute approximate surface area is 125 Å². The van der Waals surface area contributed by atoms with E-state index in [0.29, 0.717) is 17.2 Å². The predicted octanol–water partition coefficient (Wildman–Crippen LogP) is 2.45. The number of nitrogens with one attached hydrogen (secondary N) is 1. The fraction of sp³-hybridized carbons (Fsp3) is 0.0714. The Hall–Kier alpha value is -3.29. The molecular weight excluding hydrogens is 286 g/mol. The molecule has 0 saturated carbocycles. The van der Waals surface area contributed by atoms with Crippen LogP contribution in [0.25, 0.3) is 22.8 Å². The molecule has 0 amide bonds. The lowest BCUT2D eigenvalue weighted by Crippen LogP contribution is -1.94. The second-order valence-corrected chi connectivity index (χ2v) is 4.39. The van der Waals surface area contributed by atoms with Crippen molar-refractivity contribution in [1.29, 1.82) is 0 Å². The van der Waals surface area contributed by atoms with Gasteiger partial charge in [-0.2, -0.15) is 5.10 Å². The average Bonchev–Trinajstić information content (AvgIpc) is 3.05. The van der Waals surface area contributed by atoms with E-state index in [0.717, 1.165) is 5.56 Å². The van der Waals surface area contributed by atoms with Gasteiger partial charge in [0.15, 0.2) is 17.4 Å². The number of nitro benzene ring substituents is 1. The molecule has 3 aromatic rings. The van der Waals surface area contributed by atoms with Gasteiger partial charge >= 0.3 is 5.69 Å². The van der Waals surface area contributed by atoms with Crippen LogP contribution in [0.15, 0.2) is 42.7 Å². The molecule has 3 rings (SSSR count). The lowest BCUT2D eigenvalue weighted by Gasteiger charge is -2.02. The Morgan fingerprint density at radius 2 is 2.14 bits per heavy atom. The minimum Gasteiger partial charge on any atom is -0.490 e. The molecule has 22 heavy (non-hydrogen) atoms. The SMILES string of the molecule is COc1ccc(-c2nc(-c3cccnc3)n[nH]2)cc1[N+](=O)[O-]. The van der Waals surface area contributed by atoms with Crippen LogP contribution in [0.1, 0.15) is 0 Å². The van der Waals surface area contributed by atoms with Gasteiger partial charge < -0.3 is 4.74 Å². The summed E-state index contributed by atoms with van der Waals surface area (Å²) < 4.78 is 4.98. The van der Waals surface area contributed by atoms with Gasteiger partial charge in [0.1, 0.15) is 0 Å². The van der Waals surface area contributed by atoms with Crippen LogP contribution in [0.5, 0.6) is 5.75 Å². The topological polar surface area (TPSA) is 107 Å². The molecule has 1 N–H and O–H groups in total. The molecule has 0 spiro atoms. The highest BCUT2D eigenvalue weighted by molar-refractivity contribution is 5.65. The van der Waals surface area contributed by atoms with Gasteiger partial charge in [-0.05, 0) is 24.3 Å². The van der Waals surface area contributed by atoms with E-state index >= 15 is 0 Å². The Balaban J connectivity index is 2.00. The van der Waals surface area contributed by atoms with Crippen molar-refractivity contribution in [3.63, 3.8) is 0 Å². The zero-order chi connectivity index (χ0) is 15.5. The zero-order valence-corrected chi connectivity index (χ0v) is 11.6. The van der Waals surface area contributed by atoms with Crippen LogP contribution in [0.2, 0.25) is 0 Å². The van der Waals surface area contributed by atoms with Crippen molar-refractivity contribution in [3.05, 3.63) is 52.8 Å². The van der Waals surface area contributed by atoms with Gasteiger partial charge in [-0.3, -0.25) is 20.2 Å². The quantitative estimate of drug-likeness (QED) is 0.585. The summed E-state index contributed by atoms with van der Waals surface area (Å²) in [5.74, 6) is 1.10. The fourth-order valence-electron chi connectivity index (χ4n) is 1.99. The standard InChI is InChI=1S/C14H11N5O3/c1-22-12-5-4-9(7-11(12)19(20)21)13-16-14(18-17-13)10-3-2-6-15-8-10/h2-8H,1H3,(H,16,17,18). The van der Waals surface area contributed by atoms with E-state index in [4.69, 9.17) is 4.74 Å². The number of methoxy groups -OCH3 is 1. The third-order valence-electron chi connectivity index (χ3n) is 3.05. The molecule has 0 fully saturated rings. The molecule has 8 heteroatoms. The fourth-order valence-corrected chi connectivity index (χ4v) is 1.99. The number of nitro groups is 1. The molecule has 110 valence electrons. The number of benzene rings is 1. The van der Waals surface area contributed by atoms with Crippen molar-refractivity contribution < 1.29 is 9.66 Å². The highest BCUT2D eigenvalue weighted by Crippen LogP contribution is 2.31. The number of pyridine rings is 1. The summed E-state index contributed by atoms with van der Waals surface area (Å²) in [5.41, 5.74) is 1.18. The maximum Gasteiger partial charge on any atom is 0.311 e. The van der Waals surface area contributed by atoms with Crippen LogP contribution >= 0.6 is 0 Å². The minimum absolute atomic E-state index is 0.126. The van der Waals surface area contributed by atoms with Crippen molar-refractivity contribution in [2.45, 2.75) is 0 Å². The van der Waals surface area contributed by atoms with Gasteiger partial charge in [-0.1, -0.05) is 0 Å². The Kier molecular flexibility index (Phi) is 3.48. The minimum atomic E-state index is -0.499. The third-order valence-corrected chi connectivity index (χ3v) is 3.05. The number of aromatic nitrogens is 4. The number of ether oxygens (including phenoxy) is 1. The second kappa shape index (κ2) is 5.60.